The molecule has 0 aromatic heterocycles. The summed E-state index contributed by atoms with van der Waals surface area (Å²) in [6, 6.07) is 5.98. The van der Waals surface area contributed by atoms with Crippen molar-refractivity contribution in [1.29, 1.82) is 0 Å². The molecule has 1 unspecified atom stereocenters. The van der Waals surface area contributed by atoms with E-state index < -0.39 is 10.8 Å². The molecule has 3 heteroatoms. The molecule has 1 aromatic carbocycles. The molecule has 0 heterocycles. The number of rotatable bonds is 4. The highest BCUT2D eigenvalue weighted by Crippen LogP contribution is 2.24. The van der Waals surface area contributed by atoms with Gasteiger partial charge >= 0.3 is 0 Å². The molecule has 0 N–H and O–H groups in total. The smallest absolute Gasteiger partial charge is 0.145 e. The lowest BCUT2D eigenvalue weighted by molar-refractivity contribution is -0.116. The molecule has 0 aliphatic heterocycles. The molecule has 1 atom stereocenters. The fourth-order valence-electron chi connectivity index (χ4n) is 2.02. The van der Waals surface area contributed by atoms with Crippen LogP contribution in [0, 0.1) is 0 Å². The Morgan fingerprint density at radius 3 is 2.81 bits per heavy atom. The minimum atomic E-state index is -1.16. The van der Waals surface area contributed by atoms with Gasteiger partial charge in [0, 0.05) is 11.3 Å². The quantitative estimate of drug-likeness (QED) is 0.803. The topological polar surface area (TPSA) is 34.1 Å². The Hall–Kier alpha value is -0.960. The third-order valence-electron chi connectivity index (χ3n) is 3.02. The number of aryl methyl sites for hydroxylation is 2. The lowest BCUT2D eigenvalue weighted by atomic mass is 10.1. The fourth-order valence-corrected chi connectivity index (χ4v) is 3.18. The van der Waals surface area contributed by atoms with E-state index in [2.05, 4.69) is 6.07 Å². The van der Waals surface area contributed by atoms with Gasteiger partial charge in [0.2, 0.25) is 0 Å². The summed E-state index contributed by atoms with van der Waals surface area (Å²) < 4.78 is 11.9. The monoisotopic (exact) mass is 236 g/mol. The average molecular weight is 236 g/mol. The zero-order valence-corrected chi connectivity index (χ0v) is 10.3. The van der Waals surface area contributed by atoms with E-state index in [4.69, 9.17) is 0 Å². The van der Waals surface area contributed by atoms with Crippen LogP contribution in [0.2, 0.25) is 0 Å². The first-order chi connectivity index (χ1) is 7.70. The Morgan fingerprint density at radius 1 is 1.31 bits per heavy atom. The Morgan fingerprint density at radius 2 is 2.06 bits per heavy atom. The number of hydrogen-bond acceptors (Lipinski definition) is 2. The molecule has 86 valence electrons. The Labute approximate surface area is 98.5 Å². The number of ketones is 1. The van der Waals surface area contributed by atoms with E-state index in [0.29, 0.717) is 6.42 Å². The van der Waals surface area contributed by atoms with Crippen LogP contribution >= 0.6 is 0 Å². The molecular formula is C13H16O2S. The molecule has 1 aliphatic rings. The molecule has 1 aliphatic carbocycles. The number of carbonyl (C=O) groups excluding carboxylic acids is 1. The fraction of sp³-hybridized carbons (Fsp3) is 0.462. The molecule has 2 nitrogen and oxygen atoms in total. The van der Waals surface area contributed by atoms with Crippen molar-refractivity contribution < 1.29 is 9.00 Å². The van der Waals surface area contributed by atoms with Crippen molar-refractivity contribution in [3.05, 3.63) is 29.3 Å². The van der Waals surface area contributed by atoms with E-state index in [1.54, 1.807) is 0 Å². The van der Waals surface area contributed by atoms with Gasteiger partial charge in [0.15, 0.2) is 0 Å². The largest absolute Gasteiger partial charge is 0.299 e. The van der Waals surface area contributed by atoms with Crippen molar-refractivity contribution in [2.45, 2.75) is 37.5 Å². The van der Waals surface area contributed by atoms with E-state index in [-0.39, 0.29) is 11.5 Å². The average Bonchev–Trinajstić information content (AvgIpc) is 2.75. The van der Waals surface area contributed by atoms with Crippen LogP contribution in [-0.2, 0) is 28.4 Å². The minimum Gasteiger partial charge on any atom is -0.299 e. The van der Waals surface area contributed by atoms with E-state index in [9.17, 15) is 9.00 Å². The highest BCUT2D eigenvalue weighted by atomic mass is 32.2. The van der Waals surface area contributed by atoms with Gasteiger partial charge in [-0.25, -0.2) is 0 Å². The Bertz CT molecular complexity index is 438. The molecular weight excluding hydrogens is 220 g/mol. The van der Waals surface area contributed by atoms with Crippen LogP contribution in [0.15, 0.2) is 23.1 Å². The van der Waals surface area contributed by atoms with Crippen molar-refractivity contribution >= 4 is 16.6 Å². The van der Waals surface area contributed by atoms with Crippen LogP contribution < -0.4 is 0 Å². The summed E-state index contributed by atoms with van der Waals surface area (Å²) in [5, 5.41) is 0. The maximum absolute atomic E-state index is 11.9. The normalized spacial score (nSPS) is 15.8. The summed E-state index contributed by atoms with van der Waals surface area (Å²) in [5.74, 6) is 0.230. The molecule has 0 saturated carbocycles. The predicted octanol–water partition coefficient (Wildman–Crippen LogP) is 2.26. The highest BCUT2D eigenvalue weighted by molar-refractivity contribution is 7.85. The number of fused-ring (bicyclic) bond motifs is 1. The summed E-state index contributed by atoms with van der Waals surface area (Å²) in [6.45, 7) is 1.81. The van der Waals surface area contributed by atoms with Crippen LogP contribution in [0.1, 0.15) is 30.9 Å². The molecule has 0 bridgehead atoms. The molecule has 0 saturated heterocycles. The SMILES string of the molecule is CCC(=O)CS(=O)c1ccc2c(c1)CCC2. The van der Waals surface area contributed by atoms with E-state index >= 15 is 0 Å². The van der Waals surface area contributed by atoms with Crippen LogP contribution in [0.25, 0.3) is 0 Å². The number of carbonyl (C=O) groups is 1. The van der Waals surface area contributed by atoms with Gasteiger partial charge < -0.3 is 0 Å². The second kappa shape index (κ2) is 4.91. The van der Waals surface area contributed by atoms with Crippen molar-refractivity contribution in [3.8, 4) is 0 Å². The maximum atomic E-state index is 11.9. The number of hydrogen-bond donors (Lipinski definition) is 0. The Balaban J connectivity index is 2.15. The van der Waals surface area contributed by atoms with Gasteiger partial charge in [0.05, 0.1) is 16.6 Å². The first-order valence-electron chi connectivity index (χ1n) is 5.72. The van der Waals surface area contributed by atoms with Gasteiger partial charge in [-0.2, -0.15) is 0 Å². The maximum Gasteiger partial charge on any atom is 0.145 e. The number of Topliss-reactive ketones (excluding diaryl/α,β-unsaturated/α-hetero) is 1. The first kappa shape index (κ1) is 11.5. The van der Waals surface area contributed by atoms with E-state index in [0.717, 1.165) is 17.7 Å². The molecule has 16 heavy (non-hydrogen) atoms. The van der Waals surface area contributed by atoms with Crippen LogP contribution in [0.4, 0.5) is 0 Å². The first-order valence-corrected chi connectivity index (χ1v) is 7.04. The molecule has 0 radical (unpaired) electrons. The zero-order valence-electron chi connectivity index (χ0n) is 9.49. The molecule has 0 amide bonds. The van der Waals surface area contributed by atoms with E-state index in [1.807, 2.05) is 19.1 Å². The van der Waals surface area contributed by atoms with Gasteiger partial charge in [-0.3, -0.25) is 9.00 Å². The van der Waals surface area contributed by atoms with Crippen LogP contribution in [0.3, 0.4) is 0 Å². The molecule has 0 fully saturated rings. The molecule has 1 aromatic rings. The molecule has 0 spiro atoms. The minimum absolute atomic E-state index is 0.0684. The van der Waals surface area contributed by atoms with Gasteiger partial charge in [-0.1, -0.05) is 13.0 Å². The molecule has 2 rings (SSSR count). The van der Waals surface area contributed by atoms with Crippen molar-refractivity contribution in [3.63, 3.8) is 0 Å². The van der Waals surface area contributed by atoms with Crippen molar-refractivity contribution in [2.75, 3.05) is 5.75 Å². The summed E-state index contributed by atoms with van der Waals surface area (Å²) in [5.41, 5.74) is 2.69. The lowest BCUT2D eigenvalue weighted by Crippen LogP contribution is -2.09. The van der Waals surface area contributed by atoms with Gasteiger partial charge in [0.25, 0.3) is 0 Å². The second-order valence-electron chi connectivity index (χ2n) is 4.17. The number of benzene rings is 1. The summed E-state index contributed by atoms with van der Waals surface area (Å²) in [6.07, 6.45) is 3.88. The standard InChI is InChI=1S/C13H16O2S/c1-2-12(14)9-16(15)13-7-6-10-4-3-5-11(10)8-13/h6-8H,2-5,9H2,1H3. The zero-order chi connectivity index (χ0) is 11.5. The summed E-state index contributed by atoms with van der Waals surface area (Å²) in [7, 11) is -1.16. The van der Waals surface area contributed by atoms with Crippen molar-refractivity contribution in [1.82, 2.24) is 0 Å². The van der Waals surface area contributed by atoms with Gasteiger partial charge in [-0.05, 0) is 42.5 Å². The van der Waals surface area contributed by atoms with Crippen LogP contribution in [-0.4, -0.2) is 15.7 Å². The van der Waals surface area contributed by atoms with Crippen LogP contribution in [0.5, 0.6) is 0 Å². The van der Waals surface area contributed by atoms with Gasteiger partial charge in [-0.15, -0.1) is 0 Å². The third kappa shape index (κ3) is 2.40. The second-order valence-corrected chi connectivity index (χ2v) is 5.62. The third-order valence-corrected chi connectivity index (χ3v) is 4.38. The summed E-state index contributed by atoms with van der Waals surface area (Å²) >= 11 is 0. The van der Waals surface area contributed by atoms with Gasteiger partial charge in [0.1, 0.15) is 5.78 Å². The van der Waals surface area contributed by atoms with E-state index in [1.165, 1.54) is 17.5 Å². The predicted molar refractivity (Wildman–Crippen MR) is 65.0 cm³/mol. The lowest BCUT2D eigenvalue weighted by Gasteiger charge is -2.04. The highest BCUT2D eigenvalue weighted by Gasteiger charge is 2.14. The Kier molecular flexibility index (Phi) is 3.54. The summed E-state index contributed by atoms with van der Waals surface area (Å²) in [4.78, 5) is 12.0. The van der Waals surface area contributed by atoms with Crippen molar-refractivity contribution in [2.24, 2.45) is 0 Å².